The number of alkyl halides is 3. The van der Waals surface area contributed by atoms with Crippen LogP contribution in [0.3, 0.4) is 0 Å². The minimum atomic E-state index is -4.14. The number of rotatable bonds is 0. The maximum absolute atomic E-state index is 12.2. The van der Waals surface area contributed by atoms with E-state index in [1.165, 1.54) is 12.2 Å². The molecule has 0 nitrogen and oxygen atoms in total. The van der Waals surface area contributed by atoms with Crippen LogP contribution in [0.2, 0.25) is 0 Å². The molecule has 0 amide bonds. The smallest absolute Gasteiger partial charge is 0.166 e. The van der Waals surface area contributed by atoms with E-state index in [0.717, 1.165) is 12.8 Å². The van der Waals surface area contributed by atoms with Crippen molar-refractivity contribution in [1.82, 2.24) is 0 Å². The first kappa shape index (κ1) is 9.36. The van der Waals surface area contributed by atoms with Crippen molar-refractivity contribution in [3.8, 4) is 0 Å². The summed E-state index contributed by atoms with van der Waals surface area (Å²) in [6.07, 6.45) is 2.86. The summed E-state index contributed by atoms with van der Waals surface area (Å²) in [5.74, 6) is 0. The molecule has 0 saturated heterocycles. The minimum absolute atomic E-state index is 0.161. The van der Waals surface area contributed by atoms with Gasteiger partial charge < -0.3 is 0 Å². The van der Waals surface area contributed by atoms with Gasteiger partial charge in [0.1, 0.15) is 0 Å². The van der Waals surface area contributed by atoms with Crippen LogP contribution < -0.4 is 0 Å². The first-order valence-electron chi connectivity index (χ1n) is 4.03. The zero-order chi connectivity index (χ0) is 9.03. The van der Waals surface area contributed by atoms with Gasteiger partial charge >= 0.3 is 6.18 Å². The van der Waals surface area contributed by atoms with Crippen molar-refractivity contribution >= 4 is 0 Å². The third-order valence-electron chi connectivity index (χ3n) is 1.86. The van der Waals surface area contributed by atoms with Crippen molar-refractivity contribution in [1.29, 1.82) is 0 Å². The Kier molecular flexibility index (Phi) is 2.95. The Hall–Kier alpha value is -0.730. The molecule has 0 saturated carbocycles. The predicted molar refractivity (Wildman–Crippen MR) is 41.7 cm³/mol. The Morgan fingerprint density at radius 1 is 1.17 bits per heavy atom. The number of hydrogen-bond donors (Lipinski definition) is 0. The molecule has 1 rings (SSSR count). The average molecular weight is 176 g/mol. The van der Waals surface area contributed by atoms with Gasteiger partial charge in [0.15, 0.2) is 0 Å². The van der Waals surface area contributed by atoms with Gasteiger partial charge in [-0.15, -0.1) is 0 Å². The first-order chi connectivity index (χ1) is 5.61. The van der Waals surface area contributed by atoms with Gasteiger partial charge in [-0.05, 0) is 25.7 Å². The summed E-state index contributed by atoms with van der Waals surface area (Å²) in [6, 6.07) is 0. The fourth-order valence-corrected chi connectivity index (χ4v) is 1.18. The zero-order valence-corrected chi connectivity index (χ0v) is 6.69. The predicted octanol–water partition coefficient (Wildman–Crippen LogP) is 3.61. The lowest BCUT2D eigenvalue weighted by Gasteiger charge is -2.11. The normalized spacial score (nSPS) is 19.8. The van der Waals surface area contributed by atoms with E-state index >= 15 is 0 Å². The molecule has 0 N–H and O–H groups in total. The van der Waals surface area contributed by atoms with Gasteiger partial charge in [0.05, 0.1) is 0 Å². The summed E-state index contributed by atoms with van der Waals surface area (Å²) in [7, 11) is 0. The molecule has 1 aliphatic carbocycles. The summed E-state index contributed by atoms with van der Waals surface area (Å²) < 4.78 is 36.5. The highest BCUT2D eigenvalue weighted by Crippen LogP contribution is 2.30. The third kappa shape index (κ3) is 2.72. The van der Waals surface area contributed by atoms with Gasteiger partial charge in [0.25, 0.3) is 0 Å². The molecule has 0 radical (unpaired) electrons. The molecule has 0 bridgehead atoms. The molecule has 0 fully saturated rings. The highest BCUT2D eigenvalue weighted by Gasteiger charge is 2.32. The maximum atomic E-state index is 12.2. The molecule has 3 heteroatoms. The molecule has 0 atom stereocenters. The standard InChI is InChI=1S/C9H11F3/c10-9(11,12)8-6-4-2-1-3-5-7-8/h2,4,6H,1,3,5,7H2. The van der Waals surface area contributed by atoms with Gasteiger partial charge in [-0.1, -0.05) is 18.2 Å². The first-order valence-corrected chi connectivity index (χ1v) is 4.03. The molecule has 12 heavy (non-hydrogen) atoms. The molecule has 0 unspecified atom stereocenters. The number of hydrogen-bond acceptors (Lipinski definition) is 0. The Balaban J connectivity index is 2.72. The molecule has 0 aliphatic heterocycles. The van der Waals surface area contributed by atoms with Crippen molar-refractivity contribution in [3.05, 3.63) is 23.8 Å². The van der Waals surface area contributed by atoms with Crippen LogP contribution in [-0.2, 0) is 0 Å². The molecule has 0 aromatic heterocycles. The van der Waals surface area contributed by atoms with Gasteiger partial charge in [-0.25, -0.2) is 0 Å². The van der Waals surface area contributed by atoms with Crippen molar-refractivity contribution in [2.45, 2.75) is 31.9 Å². The van der Waals surface area contributed by atoms with Crippen LogP contribution in [0.5, 0.6) is 0 Å². The van der Waals surface area contributed by atoms with E-state index in [1.807, 2.05) is 0 Å². The van der Waals surface area contributed by atoms with E-state index in [4.69, 9.17) is 0 Å². The van der Waals surface area contributed by atoms with Crippen LogP contribution >= 0.6 is 0 Å². The fourth-order valence-electron chi connectivity index (χ4n) is 1.18. The van der Waals surface area contributed by atoms with Crippen LogP contribution in [-0.4, -0.2) is 6.18 Å². The van der Waals surface area contributed by atoms with Crippen LogP contribution in [0.15, 0.2) is 23.8 Å². The van der Waals surface area contributed by atoms with Gasteiger partial charge in [0, 0.05) is 5.57 Å². The molecule has 1 aliphatic rings. The Labute approximate surface area is 69.8 Å². The fraction of sp³-hybridized carbons (Fsp3) is 0.556. The van der Waals surface area contributed by atoms with Crippen molar-refractivity contribution < 1.29 is 13.2 Å². The van der Waals surface area contributed by atoms with Crippen molar-refractivity contribution in [2.24, 2.45) is 0 Å². The Morgan fingerprint density at radius 3 is 2.58 bits per heavy atom. The second kappa shape index (κ2) is 3.78. The monoisotopic (exact) mass is 176 g/mol. The summed E-state index contributed by atoms with van der Waals surface area (Å²) in [5, 5.41) is 0. The lowest BCUT2D eigenvalue weighted by atomic mass is 10.0. The number of allylic oxidation sites excluding steroid dienone is 4. The maximum Gasteiger partial charge on any atom is 0.412 e. The van der Waals surface area contributed by atoms with Crippen LogP contribution in [0.25, 0.3) is 0 Å². The highest BCUT2D eigenvalue weighted by molar-refractivity contribution is 5.17. The SMILES string of the molecule is FC(F)(F)C1=CC=CCCCC1. The second-order valence-corrected chi connectivity index (χ2v) is 2.86. The summed E-state index contributed by atoms with van der Waals surface area (Å²) in [5.41, 5.74) is -0.404. The average Bonchev–Trinajstić information content (AvgIpc) is 1.81. The topological polar surface area (TPSA) is 0 Å². The van der Waals surface area contributed by atoms with Gasteiger partial charge in [-0.2, -0.15) is 13.2 Å². The second-order valence-electron chi connectivity index (χ2n) is 2.86. The molecular weight excluding hydrogens is 165 g/mol. The highest BCUT2D eigenvalue weighted by atomic mass is 19.4. The molecule has 0 spiro atoms. The van der Waals surface area contributed by atoms with E-state index in [9.17, 15) is 13.2 Å². The largest absolute Gasteiger partial charge is 0.412 e. The quantitative estimate of drug-likeness (QED) is 0.529. The van der Waals surface area contributed by atoms with E-state index < -0.39 is 11.7 Å². The Morgan fingerprint density at radius 2 is 1.92 bits per heavy atom. The molecular formula is C9H11F3. The van der Waals surface area contributed by atoms with Gasteiger partial charge in [-0.3, -0.25) is 0 Å². The van der Waals surface area contributed by atoms with E-state index in [0.29, 0.717) is 6.42 Å². The van der Waals surface area contributed by atoms with E-state index in [1.54, 1.807) is 6.08 Å². The molecule has 0 aromatic rings. The summed E-state index contributed by atoms with van der Waals surface area (Å²) >= 11 is 0. The van der Waals surface area contributed by atoms with Crippen LogP contribution in [0.1, 0.15) is 25.7 Å². The Bertz CT molecular complexity index is 198. The van der Waals surface area contributed by atoms with Crippen molar-refractivity contribution in [3.63, 3.8) is 0 Å². The lowest BCUT2D eigenvalue weighted by Crippen LogP contribution is -2.12. The van der Waals surface area contributed by atoms with Crippen LogP contribution in [0.4, 0.5) is 13.2 Å². The zero-order valence-electron chi connectivity index (χ0n) is 6.69. The minimum Gasteiger partial charge on any atom is -0.166 e. The number of halogens is 3. The third-order valence-corrected chi connectivity index (χ3v) is 1.86. The van der Waals surface area contributed by atoms with E-state index in [-0.39, 0.29) is 6.42 Å². The summed E-state index contributed by atoms with van der Waals surface area (Å²) in [6.45, 7) is 0. The van der Waals surface area contributed by atoms with Crippen molar-refractivity contribution in [2.75, 3.05) is 0 Å². The summed E-state index contributed by atoms with van der Waals surface area (Å²) in [4.78, 5) is 0. The molecule has 0 heterocycles. The van der Waals surface area contributed by atoms with Crippen LogP contribution in [0, 0.1) is 0 Å². The molecule has 68 valence electrons. The lowest BCUT2D eigenvalue weighted by molar-refractivity contribution is -0.0941. The van der Waals surface area contributed by atoms with Gasteiger partial charge in [0.2, 0.25) is 0 Å². The molecule has 0 aromatic carbocycles. The van der Waals surface area contributed by atoms with E-state index in [2.05, 4.69) is 0 Å².